The molecule has 0 aliphatic heterocycles. The van der Waals surface area contributed by atoms with Crippen molar-refractivity contribution in [1.29, 1.82) is 0 Å². The Morgan fingerprint density at radius 2 is 1.92 bits per heavy atom. The number of ether oxygens (including phenoxy) is 1. The zero-order valence-corrected chi connectivity index (χ0v) is 15.8. The number of amides is 1. The third-order valence-corrected chi connectivity index (χ3v) is 4.96. The van der Waals surface area contributed by atoms with Crippen LogP contribution in [0, 0.1) is 5.92 Å². The fraction of sp³-hybridized carbons (Fsp3) is 0.400. The Bertz CT molecular complexity index is 709. The first kappa shape index (κ1) is 19.2. The largest absolute Gasteiger partial charge is 0.462 e. The SMILES string of the molecule is CCC[C@H](C)C(=O)Nc1sc(Cc2ccccc2)cc1C(=O)OCC. The van der Waals surface area contributed by atoms with Crippen LogP contribution >= 0.6 is 11.3 Å². The van der Waals surface area contributed by atoms with E-state index in [1.54, 1.807) is 6.92 Å². The van der Waals surface area contributed by atoms with Gasteiger partial charge in [0.05, 0.1) is 12.2 Å². The second kappa shape index (κ2) is 9.37. The normalized spacial score (nSPS) is 11.8. The second-order valence-electron chi connectivity index (χ2n) is 6.02. The number of rotatable bonds is 8. The molecule has 1 N–H and O–H groups in total. The molecule has 2 aromatic rings. The first-order valence-corrected chi connectivity index (χ1v) is 9.51. The summed E-state index contributed by atoms with van der Waals surface area (Å²) in [4.78, 5) is 25.6. The van der Waals surface area contributed by atoms with E-state index in [4.69, 9.17) is 4.74 Å². The first-order valence-electron chi connectivity index (χ1n) is 8.69. The standard InChI is InChI=1S/C20H25NO3S/c1-4-9-14(3)18(22)21-19-17(20(23)24-5-2)13-16(25-19)12-15-10-7-6-8-11-15/h6-8,10-11,13-14H,4-5,9,12H2,1-3H3,(H,21,22)/t14-/m0/s1. The van der Waals surface area contributed by atoms with Gasteiger partial charge in [0.1, 0.15) is 5.00 Å². The molecule has 1 aromatic carbocycles. The maximum atomic E-state index is 12.3. The van der Waals surface area contributed by atoms with Gasteiger partial charge in [0, 0.05) is 17.2 Å². The molecule has 0 radical (unpaired) electrons. The van der Waals surface area contributed by atoms with Gasteiger partial charge in [-0.2, -0.15) is 0 Å². The molecule has 2 rings (SSSR count). The van der Waals surface area contributed by atoms with Crippen molar-refractivity contribution >= 4 is 28.2 Å². The zero-order valence-electron chi connectivity index (χ0n) is 15.0. The van der Waals surface area contributed by atoms with Crippen LogP contribution in [0.3, 0.4) is 0 Å². The third kappa shape index (κ3) is 5.43. The fourth-order valence-electron chi connectivity index (χ4n) is 2.58. The van der Waals surface area contributed by atoms with Gasteiger partial charge in [-0.1, -0.05) is 50.6 Å². The van der Waals surface area contributed by atoms with Gasteiger partial charge >= 0.3 is 5.97 Å². The minimum atomic E-state index is -0.392. The molecule has 0 aliphatic rings. The Morgan fingerprint density at radius 1 is 1.20 bits per heavy atom. The van der Waals surface area contributed by atoms with Gasteiger partial charge in [-0.3, -0.25) is 4.79 Å². The van der Waals surface area contributed by atoms with E-state index in [1.165, 1.54) is 11.3 Å². The van der Waals surface area contributed by atoms with Crippen molar-refractivity contribution in [3.8, 4) is 0 Å². The van der Waals surface area contributed by atoms with Crippen molar-refractivity contribution in [2.24, 2.45) is 5.92 Å². The minimum absolute atomic E-state index is 0.0551. The molecule has 0 aliphatic carbocycles. The van der Waals surface area contributed by atoms with Crippen LogP contribution in [-0.2, 0) is 16.0 Å². The lowest BCUT2D eigenvalue weighted by Gasteiger charge is -2.11. The van der Waals surface area contributed by atoms with Crippen LogP contribution in [-0.4, -0.2) is 18.5 Å². The van der Waals surface area contributed by atoms with Crippen molar-refractivity contribution < 1.29 is 14.3 Å². The van der Waals surface area contributed by atoms with E-state index in [9.17, 15) is 9.59 Å². The zero-order chi connectivity index (χ0) is 18.2. The molecule has 5 heteroatoms. The molecule has 0 saturated carbocycles. The van der Waals surface area contributed by atoms with Crippen LogP contribution in [0.2, 0.25) is 0 Å². The van der Waals surface area contributed by atoms with Crippen molar-refractivity contribution in [3.63, 3.8) is 0 Å². The maximum absolute atomic E-state index is 12.3. The molecule has 1 amide bonds. The van der Waals surface area contributed by atoms with Gasteiger partial charge in [-0.15, -0.1) is 11.3 Å². The average molecular weight is 359 g/mol. The van der Waals surface area contributed by atoms with E-state index >= 15 is 0 Å². The minimum Gasteiger partial charge on any atom is -0.462 e. The molecule has 0 bridgehead atoms. The lowest BCUT2D eigenvalue weighted by atomic mass is 10.1. The molecule has 25 heavy (non-hydrogen) atoms. The molecule has 1 aromatic heterocycles. The molecule has 0 saturated heterocycles. The van der Waals surface area contributed by atoms with Crippen molar-refractivity contribution in [2.75, 3.05) is 11.9 Å². The summed E-state index contributed by atoms with van der Waals surface area (Å²) in [6.07, 6.45) is 2.49. The van der Waals surface area contributed by atoms with Crippen LogP contribution in [0.4, 0.5) is 5.00 Å². The molecular formula is C20H25NO3S. The number of hydrogen-bond donors (Lipinski definition) is 1. The summed E-state index contributed by atoms with van der Waals surface area (Å²) >= 11 is 1.44. The van der Waals surface area contributed by atoms with Gasteiger partial charge in [0.2, 0.25) is 5.91 Å². The first-order chi connectivity index (χ1) is 12.0. The van der Waals surface area contributed by atoms with E-state index in [0.29, 0.717) is 17.2 Å². The van der Waals surface area contributed by atoms with Crippen LogP contribution in [0.1, 0.15) is 54.4 Å². The molecule has 134 valence electrons. The van der Waals surface area contributed by atoms with E-state index < -0.39 is 5.97 Å². The summed E-state index contributed by atoms with van der Waals surface area (Å²) in [5.41, 5.74) is 1.60. The highest BCUT2D eigenvalue weighted by atomic mass is 32.1. The van der Waals surface area contributed by atoms with Crippen LogP contribution in [0.15, 0.2) is 36.4 Å². The van der Waals surface area contributed by atoms with Crippen molar-refractivity contribution in [1.82, 2.24) is 0 Å². The molecule has 1 heterocycles. The molecule has 4 nitrogen and oxygen atoms in total. The lowest BCUT2D eigenvalue weighted by Crippen LogP contribution is -2.21. The molecule has 0 fully saturated rings. The Balaban J connectivity index is 2.23. The lowest BCUT2D eigenvalue weighted by molar-refractivity contribution is -0.119. The number of carbonyl (C=O) groups excluding carboxylic acids is 2. The fourth-order valence-corrected chi connectivity index (χ4v) is 3.66. The Kier molecular flexibility index (Phi) is 7.19. The van der Waals surface area contributed by atoms with Gasteiger partial charge < -0.3 is 10.1 Å². The number of anilines is 1. The highest BCUT2D eigenvalue weighted by Gasteiger charge is 2.21. The van der Waals surface area contributed by atoms with E-state index in [-0.39, 0.29) is 11.8 Å². The Labute approximate surface area is 153 Å². The van der Waals surface area contributed by atoms with Gasteiger partial charge in [0.25, 0.3) is 0 Å². The topological polar surface area (TPSA) is 55.4 Å². The van der Waals surface area contributed by atoms with Gasteiger partial charge in [-0.05, 0) is 25.0 Å². The molecule has 0 unspecified atom stereocenters. The van der Waals surface area contributed by atoms with Gasteiger partial charge in [0.15, 0.2) is 0 Å². The number of thiophene rings is 1. The van der Waals surface area contributed by atoms with E-state index in [0.717, 1.165) is 29.7 Å². The summed E-state index contributed by atoms with van der Waals surface area (Å²) < 4.78 is 5.14. The summed E-state index contributed by atoms with van der Waals surface area (Å²) in [6, 6.07) is 11.9. The molecule has 1 atom stereocenters. The number of carbonyl (C=O) groups is 2. The predicted molar refractivity (Wildman–Crippen MR) is 102 cm³/mol. The number of esters is 1. The van der Waals surface area contributed by atoms with Gasteiger partial charge in [-0.25, -0.2) is 4.79 Å². The Hall–Kier alpha value is -2.14. The summed E-state index contributed by atoms with van der Waals surface area (Å²) in [7, 11) is 0. The maximum Gasteiger partial charge on any atom is 0.341 e. The van der Waals surface area contributed by atoms with Crippen LogP contribution in [0.5, 0.6) is 0 Å². The number of benzene rings is 1. The van der Waals surface area contributed by atoms with E-state index in [1.807, 2.05) is 43.3 Å². The van der Waals surface area contributed by atoms with Crippen molar-refractivity contribution in [2.45, 2.75) is 40.0 Å². The monoisotopic (exact) mass is 359 g/mol. The van der Waals surface area contributed by atoms with Crippen molar-refractivity contribution in [3.05, 3.63) is 52.4 Å². The third-order valence-electron chi connectivity index (χ3n) is 3.91. The molecule has 0 spiro atoms. The Morgan fingerprint density at radius 3 is 2.56 bits per heavy atom. The highest BCUT2D eigenvalue weighted by Crippen LogP contribution is 2.31. The summed E-state index contributed by atoms with van der Waals surface area (Å²) in [6.45, 7) is 6.04. The predicted octanol–water partition coefficient (Wildman–Crippen LogP) is 4.89. The average Bonchev–Trinajstić information content (AvgIpc) is 2.98. The second-order valence-corrected chi connectivity index (χ2v) is 7.15. The quantitative estimate of drug-likeness (QED) is 0.683. The summed E-state index contributed by atoms with van der Waals surface area (Å²) in [5.74, 6) is -0.531. The number of nitrogens with one attached hydrogen (secondary N) is 1. The number of hydrogen-bond acceptors (Lipinski definition) is 4. The highest BCUT2D eigenvalue weighted by molar-refractivity contribution is 7.16. The van der Waals surface area contributed by atoms with Crippen LogP contribution < -0.4 is 5.32 Å². The summed E-state index contributed by atoms with van der Waals surface area (Å²) in [5, 5.41) is 3.50. The molecular weight excluding hydrogens is 334 g/mol. The smallest absolute Gasteiger partial charge is 0.341 e. The van der Waals surface area contributed by atoms with E-state index in [2.05, 4.69) is 12.2 Å². The van der Waals surface area contributed by atoms with Crippen LogP contribution in [0.25, 0.3) is 0 Å².